The molecule has 0 aliphatic heterocycles. The normalized spacial score (nSPS) is 11.4. The Balaban J connectivity index is 1.97. The topological polar surface area (TPSA) is 64.6 Å². The average molecular weight is 327 g/mol. The SMILES string of the molecule is CCC(C)C(=O)OCC(=O)Nc1ccccc1Oc1ccccc1. The van der Waals surface area contributed by atoms with Crippen LogP contribution >= 0.6 is 0 Å². The summed E-state index contributed by atoms with van der Waals surface area (Å²) in [6, 6.07) is 16.4. The van der Waals surface area contributed by atoms with Gasteiger partial charge in [0.25, 0.3) is 5.91 Å². The molecule has 2 rings (SSSR count). The Hall–Kier alpha value is -2.82. The van der Waals surface area contributed by atoms with Crippen LogP contribution in [0.15, 0.2) is 54.6 Å². The van der Waals surface area contributed by atoms with E-state index in [2.05, 4.69) is 5.32 Å². The Morgan fingerprint density at radius 2 is 1.71 bits per heavy atom. The Morgan fingerprint density at radius 1 is 1.04 bits per heavy atom. The molecule has 1 atom stereocenters. The van der Waals surface area contributed by atoms with Crippen LogP contribution in [0.5, 0.6) is 11.5 Å². The molecule has 0 aromatic heterocycles. The molecule has 5 heteroatoms. The smallest absolute Gasteiger partial charge is 0.309 e. The van der Waals surface area contributed by atoms with Crippen molar-refractivity contribution in [2.75, 3.05) is 11.9 Å². The van der Waals surface area contributed by atoms with E-state index in [1.165, 1.54) is 0 Å². The van der Waals surface area contributed by atoms with E-state index in [0.29, 0.717) is 23.6 Å². The molecule has 0 spiro atoms. The lowest BCUT2D eigenvalue weighted by Gasteiger charge is -2.13. The number of esters is 1. The van der Waals surface area contributed by atoms with Crippen molar-refractivity contribution >= 4 is 17.6 Å². The average Bonchev–Trinajstić information content (AvgIpc) is 2.61. The van der Waals surface area contributed by atoms with Crippen molar-refractivity contribution in [3.05, 3.63) is 54.6 Å². The van der Waals surface area contributed by atoms with Gasteiger partial charge >= 0.3 is 5.97 Å². The summed E-state index contributed by atoms with van der Waals surface area (Å²) in [4.78, 5) is 23.6. The molecule has 0 aliphatic rings. The highest BCUT2D eigenvalue weighted by Gasteiger charge is 2.15. The molecule has 0 heterocycles. The molecule has 1 N–H and O–H groups in total. The third kappa shape index (κ3) is 5.12. The van der Waals surface area contributed by atoms with Gasteiger partial charge in [-0.25, -0.2) is 0 Å². The zero-order valence-corrected chi connectivity index (χ0v) is 13.8. The maximum atomic E-state index is 12.0. The predicted molar refractivity (Wildman–Crippen MR) is 92.0 cm³/mol. The zero-order valence-electron chi connectivity index (χ0n) is 13.8. The number of rotatable bonds is 7. The highest BCUT2D eigenvalue weighted by molar-refractivity contribution is 5.94. The summed E-state index contributed by atoms with van der Waals surface area (Å²) in [6.45, 7) is 3.34. The molecule has 1 unspecified atom stereocenters. The van der Waals surface area contributed by atoms with Crippen molar-refractivity contribution in [3.63, 3.8) is 0 Å². The van der Waals surface area contributed by atoms with Crippen LogP contribution < -0.4 is 10.1 Å². The van der Waals surface area contributed by atoms with Crippen molar-refractivity contribution in [2.24, 2.45) is 5.92 Å². The highest BCUT2D eigenvalue weighted by Crippen LogP contribution is 2.28. The number of amides is 1. The highest BCUT2D eigenvalue weighted by atomic mass is 16.5. The molecule has 0 saturated carbocycles. The van der Waals surface area contributed by atoms with E-state index >= 15 is 0 Å². The summed E-state index contributed by atoms with van der Waals surface area (Å²) < 4.78 is 10.8. The van der Waals surface area contributed by atoms with Crippen molar-refractivity contribution in [3.8, 4) is 11.5 Å². The van der Waals surface area contributed by atoms with Gasteiger partial charge in [0, 0.05) is 0 Å². The standard InChI is InChI=1S/C19H21NO4/c1-3-14(2)19(22)23-13-18(21)20-16-11-7-8-12-17(16)24-15-9-5-4-6-10-15/h4-12,14H,3,13H2,1-2H3,(H,20,21). The van der Waals surface area contributed by atoms with E-state index in [-0.39, 0.29) is 18.5 Å². The molecule has 2 aromatic rings. The van der Waals surface area contributed by atoms with Crippen molar-refractivity contribution in [1.29, 1.82) is 0 Å². The number of hydrogen-bond acceptors (Lipinski definition) is 4. The fourth-order valence-electron chi connectivity index (χ4n) is 1.91. The third-order valence-corrected chi connectivity index (χ3v) is 3.49. The van der Waals surface area contributed by atoms with Gasteiger partial charge in [0.2, 0.25) is 0 Å². The second-order valence-electron chi connectivity index (χ2n) is 5.38. The lowest BCUT2D eigenvalue weighted by atomic mass is 10.1. The quantitative estimate of drug-likeness (QED) is 0.781. The monoisotopic (exact) mass is 327 g/mol. The number of nitrogens with one attached hydrogen (secondary N) is 1. The molecule has 0 fully saturated rings. The maximum absolute atomic E-state index is 12.0. The largest absolute Gasteiger partial charge is 0.455 e. The predicted octanol–water partition coefficient (Wildman–Crippen LogP) is 4.01. The van der Waals surface area contributed by atoms with E-state index in [0.717, 1.165) is 0 Å². The van der Waals surface area contributed by atoms with E-state index in [9.17, 15) is 9.59 Å². The van der Waals surface area contributed by atoms with Gasteiger partial charge in [-0.05, 0) is 30.7 Å². The summed E-state index contributed by atoms with van der Waals surface area (Å²) >= 11 is 0. The minimum atomic E-state index is -0.407. The van der Waals surface area contributed by atoms with Gasteiger partial charge in [-0.1, -0.05) is 44.2 Å². The number of ether oxygens (including phenoxy) is 2. The number of carbonyl (C=O) groups is 2. The molecule has 1 amide bonds. The number of hydrogen-bond donors (Lipinski definition) is 1. The Kier molecular flexibility index (Phi) is 6.37. The molecule has 126 valence electrons. The maximum Gasteiger partial charge on any atom is 0.309 e. The first-order chi connectivity index (χ1) is 11.6. The fraction of sp³-hybridized carbons (Fsp3) is 0.263. The number of carbonyl (C=O) groups excluding carboxylic acids is 2. The van der Waals surface area contributed by atoms with Crippen LogP contribution in [0, 0.1) is 5.92 Å². The van der Waals surface area contributed by atoms with Crippen LogP contribution in [-0.2, 0) is 14.3 Å². The van der Waals surface area contributed by atoms with Gasteiger partial charge in [0.05, 0.1) is 11.6 Å². The van der Waals surface area contributed by atoms with E-state index in [1.54, 1.807) is 25.1 Å². The lowest BCUT2D eigenvalue weighted by Crippen LogP contribution is -2.23. The molecule has 0 aliphatic carbocycles. The zero-order chi connectivity index (χ0) is 17.4. The van der Waals surface area contributed by atoms with E-state index < -0.39 is 5.91 Å². The summed E-state index contributed by atoms with van der Waals surface area (Å²) in [7, 11) is 0. The first kappa shape index (κ1) is 17.5. The second kappa shape index (κ2) is 8.72. The molecular formula is C19H21NO4. The van der Waals surface area contributed by atoms with Gasteiger partial charge in [-0.2, -0.15) is 0 Å². The molecule has 24 heavy (non-hydrogen) atoms. The van der Waals surface area contributed by atoms with Crippen molar-refractivity contribution < 1.29 is 19.1 Å². The van der Waals surface area contributed by atoms with Gasteiger partial charge in [-0.3, -0.25) is 9.59 Å². The fourth-order valence-corrected chi connectivity index (χ4v) is 1.91. The summed E-state index contributed by atoms with van der Waals surface area (Å²) in [5.74, 6) is 0.191. The number of para-hydroxylation sites is 3. The number of benzene rings is 2. The Labute approximate surface area is 141 Å². The summed E-state index contributed by atoms with van der Waals surface area (Å²) in [5, 5.41) is 2.70. The Bertz CT molecular complexity index is 685. The van der Waals surface area contributed by atoms with Gasteiger partial charge < -0.3 is 14.8 Å². The summed E-state index contributed by atoms with van der Waals surface area (Å²) in [5.41, 5.74) is 0.519. The van der Waals surface area contributed by atoms with Crippen LogP contribution in [-0.4, -0.2) is 18.5 Å². The minimum Gasteiger partial charge on any atom is -0.455 e. The van der Waals surface area contributed by atoms with Crippen LogP contribution in [0.25, 0.3) is 0 Å². The third-order valence-electron chi connectivity index (χ3n) is 3.49. The molecule has 0 bridgehead atoms. The van der Waals surface area contributed by atoms with Crippen molar-refractivity contribution in [1.82, 2.24) is 0 Å². The second-order valence-corrected chi connectivity index (χ2v) is 5.38. The molecule has 0 saturated heterocycles. The first-order valence-corrected chi connectivity index (χ1v) is 7.88. The molecule has 0 radical (unpaired) electrons. The van der Waals surface area contributed by atoms with E-state index in [4.69, 9.17) is 9.47 Å². The summed E-state index contributed by atoms with van der Waals surface area (Å²) in [6.07, 6.45) is 0.675. The molecule has 5 nitrogen and oxygen atoms in total. The van der Waals surface area contributed by atoms with Gasteiger partial charge in [0.15, 0.2) is 12.4 Å². The molecular weight excluding hydrogens is 306 g/mol. The van der Waals surface area contributed by atoms with Gasteiger partial charge in [0.1, 0.15) is 5.75 Å². The van der Waals surface area contributed by atoms with Crippen LogP contribution in [0.4, 0.5) is 5.69 Å². The minimum absolute atomic E-state index is 0.216. The van der Waals surface area contributed by atoms with Crippen LogP contribution in [0.2, 0.25) is 0 Å². The lowest BCUT2D eigenvalue weighted by molar-refractivity contribution is -0.151. The molecule has 2 aromatic carbocycles. The number of anilines is 1. The van der Waals surface area contributed by atoms with Crippen LogP contribution in [0.3, 0.4) is 0 Å². The van der Waals surface area contributed by atoms with Gasteiger partial charge in [-0.15, -0.1) is 0 Å². The Morgan fingerprint density at radius 3 is 2.42 bits per heavy atom. The first-order valence-electron chi connectivity index (χ1n) is 7.88. The van der Waals surface area contributed by atoms with Crippen LogP contribution in [0.1, 0.15) is 20.3 Å². The van der Waals surface area contributed by atoms with Crippen molar-refractivity contribution in [2.45, 2.75) is 20.3 Å². The van der Waals surface area contributed by atoms with E-state index in [1.807, 2.05) is 43.3 Å².